The maximum Gasteiger partial charge on any atom is 0.261 e. The van der Waals surface area contributed by atoms with Crippen LogP contribution >= 0.6 is 0 Å². The van der Waals surface area contributed by atoms with Gasteiger partial charge in [-0.3, -0.25) is 14.5 Å². The smallest absolute Gasteiger partial charge is 0.261 e. The Labute approximate surface area is 169 Å². The number of amides is 2. The molecule has 150 valence electrons. The molecule has 3 nitrogen and oxygen atoms in total. The largest absolute Gasteiger partial charge is 0.271 e. The van der Waals surface area contributed by atoms with E-state index < -0.39 is 0 Å². The van der Waals surface area contributed by atoms with Crippen molar-refractivity contribution < 1.29 is 9.59 Å². The van der Waals surface area contributed by atoms with E-state index in [1.807, 2.05) is 36.4 Å². The molecule has 0 bridgehead atoms. The first-order chi connectivity index (χ1) is 13.7. The summed E-state index contributed by atoms with van der Waals surface area (Å²) in [5.41, 5.74) is 1.36. The maximum atomic E-state index is 13.3. The second-order valence-electron chi connectivity index (χ2n) is 8.04. The van der Waals surface area contributed by atoms with Crippen LogP contribution in [0.5, 0.6) is 0 Å². The minimum Gasteiger partial charge on any atom is -0.271 e. The number of hydrogen-bond donors (Lipinski definition) is 0. The summed E-state index contributed by atoms with van der Waals surface area (Å²) in [7, 11) is 0. The second-order valence-corrected chi connectivity index (χ2v) is 8.04. The third-order valence-electron chi connectivity index (χ3n) is 5.95. The third kappa shape index (κ3) is 4.29. The van der Waals surface area contributed by atoms with Gasteiger partial charge >= 0.3 is 0 Å². The van der Waals surface area contributed by atoms with Crippen molar-refractivity contribution in [2.45, 2.75) is 84.1 Å². The Morgan fingerprint density at radius 3 is 1.68 bits per heavy atom. The van der Waals surface area contributed by atoms with E-state index in [2.05, 4.69) is 13.8 Å². The number of imide groups is 1. The summed E-state index contributed by atoms with van der Waals surface area (Å²) in [4.78, 5) is 28.3. The van der Waals surface area contributed by atoms with Crippen molar-refractivity contribution in [2.24, 2.45) is 0 Å². The number of benzene rings is 2. The Hall–Kier alpha value is -2.16. The van der Waals surface area contributed by atoms with Crippen molar-refractivity contribution in [3.8, 4) is 0 Å². The van der Waals surface area contributed by atoms with Gasteiger partial charge in [-0.2, -0.15) is 0 Å². The summed E-state index contributed by atoms with van der Waals surface area (Å²) in [6.45, 7) is 4.41. The van der Waals surface area contributed by atoms with E-state index in [9.17, 15) is 9.59 Å². The molecule has 0 saturated carbocycles. The zero-order valence-corrected chi connectivity index (χ0v) is 17.4. The van der Waals surface area contributed by atoms with Crippen molar-refractivity contribution in [3.63, 3.8) is 0 Å². The lowest BCUT2D eigenvalue weighted by Gasteiger charge is -2.34. The molecule has 1 aliphatic rings. The van der Waals surface area contributed by atoms with Crippen LogP contribution < -0.4 is 0 Å². The molecule has 0 radical (unpaired) electrons. The molecule has 0 aromatic heterocycles. The number of nitrogens with zero attached hydrogens (tertiary/aromatic N) is 1. The Morgan fingerprint density at radius 1 is 0.714 bits per heavy atom. The number of unbranched alkanes of at least 4 members (excludes halogenated alkanes) is 6. The van der Waals surface area contributed by atoms with Crippen molar-refractivity contribution in [2.75, 3.05) is 0 Å². The molecule has 1 heterocycles. The van der Waals surface area contributed by atoms with E-state index in [4.69, 9.17) is 0 Å². The Balaban J connectivity index is 1.86. The highest BCUT2D eigenvalue weighted by Crippen LogP contribution is 2.33. The first-order valence-corrected chi connectivity index (χ1v) is 11.1. The molecule has 1 aliphatic heterocycles. The van der Waals surface area contributed by atoms with Gasteiger partial charge in [-0.15, -0.1) is 0 Å². The molecule has 2 aromatic rings. The molecular formula is C25H33NO2. The van der Waals surface area contributed by atoms with E-state index in [1.54, 1.807) is 4.90 Å². The summed E-state index contributed by atoms with van der Waals surface area (Å²) in [6, 6.07) is 11.6. The van der Waals surface area contributed by atoms with Gasteiger partial charge in [0.15, 0.2) is 0 Å². The predicted octanol–water partition coefficient (Wildman–Crippen LogP) is 6.75. The van der Waals surface area contributed by atoms with Gasteiger partial charge in [0.2, 0.25) is 0 Å². The van der Waals surface area contributed by atoms with Crippen LogP contribution in [0.15, 0.2) is 36.4 Å². The highest BCUT2D eigenvalue weighted by molar-refractivity contribution is 6.25. The van der Waals surface area contributed by atoms with E-state index in [0.717, 1.165) is 36.5 Å². The standard InChI is InChI=1S/C25H33NO2/c1-3-5-7-9-15-20(16-10-8-6-4-2)26-24(27)21-17-11-13-19-14-12-18-22(23(19)21)25(26)28/h11-14,17-18,20H,3-10,15-16H2,1-2H3. The number of rotatable bonds is 11. The zero-order valence-electron chi connectivity index (χ0n) is 17.4. The first-order valence-electron chi connectivity index (χ1n) is 11.1. The minimum absolute atomic E-state index is 0.0114. The fourth-order valence-electron chi connectivity index (χ4n) is 4.40. The van der Waals surface area contributed by atoms with Gasteiger partial charge in [-0.1, -0.05) is 89.5 Å². The molecule has 3 heteroatoms. The molecule has 0 aliphatic carbocycles. The van der Waals surface area contributed by atoms with Crippen molar-refractivity contribution >= 4 is 22.6 Å². The molecule has 28 heavy (non-hydrogen) atoms. The molecule has 2 aromatic carbocycles. The Bertz CT molecular complexity index is 764. The van der Waals surface area contributed by atoms with Gasteiger partial charge < -0.3 is 0 Å². The van der Waals surface area contributed by atoms with Gasteiger partial charge in [0, 0.05) is 22.6 Å². The zero-order chi connectivity index (χ0) is 19.9. The van der Waals surface area contributed by atoms with Crippen LogP contribution in [0.3, 0.4) is 0 Å². The Kier molecular flexibility index (Phi) is 7.24. The number of hydrogen-bond acceptors (Lipinski definition) is 2. The molecule has 3 rings (SSSR count). The second kappa shape index (κ2) is 9.86. The average Bonchev–Trinajstić information content (AvgIpc) is 2.72. The van der Waals surface area contributed by atoms with E-state index in [0.29, 0.717) is 11.1 Å². The van der Waals surface area contributed by atoms with Gasteiger partial charge in [0.25, 0.3) is 11.8 Å². The lowest BCUT2D eigenvalue weighted by atomic mass is 9.91. The van der Waals surface area contributed by atoms with Crippen LogP contribution in [0.2, 0.25) is 0 Å². The average molecular weight is 380 g/mol. The lowest BCUT2D eigenvalue weighted by molar-refractivity contribution is 0.0517. The van der Waals surface area contributed by atoms with Crippen LogP contribution in [0, 0.1) is 0 Å². The highest BCUT2D eigenvalue weighted by Gasteiger charge is 2.36. The molecular weight excluding hydrogens is 346 g/mol. The summed E-state index contributed by atoms with van der Waals surface area (Å²) in [5, 5.41) is 1.80. The highest BCUT2D eigenvalue weighted by atomic mass is 16.2. The number of carbonyl (C=O) groups is 2. The summed E-state index contributed by atoms with van der Waals surface area (Å²) in [5.74, 6) is -0.212. The lowest BCUT2D eigenvalue weighted by Crippen LogP contribution is -2.47. The Morgan fingerprint density at radius 2 is 1.21 bits per heavy atom. The maximum absolute atomic E-state index is 13.3. The predicted molar refractivity (Wildman–Crippen MR) is 116 cm³/mol. The van der Waals surface area contributed by atoms with Crippen molar-refractivity contribution in [1.29, 1.82) is 0 Å². The van der Waals surface area contributed by atoms with Gasteiger partial charge in [0.1, 0.15) is 0 Å². The summed E-state index contributed by atoms with van der Waals surface area (Å²) in [6.07, 6.45) is 11.2. The monoisotopic (exact) mass is 379 g/mol. The molecule has 2 amide bonds. The van der Waals surface area contributed by atoms with E-state index >= 15 is 0 Å². The molecule has 0 fully saturated rings. The molecule has 0 N–H and O–H groups in total. The quantitative estimate of drug-likeness (QED) is 0.320. The first kappa shape index (κ1) is 20.6. The molecule has 0 spiro atoms. The fraction of sp³-hybridized carbons (Fsp3) is 0.520. The summed E-state index contributed by atoms with van der Waals surface area (Å²) >= 11 is 0. The minimum atomic E-state index is -0.106. The van der Waals surface area contributed by atoms with Crippen LogP contribution in [-0.4, -0.2) is 22.8 Å². The van der Waals surface area contributed by atoms with E-state index in [1.165, 1.54) is 38.5 Å². The molecule has 0 atom stereocenters. The van der Waals surface area contributed by atoms with Gasteiger partial charge in [-0.05, 0) is 30.4 Å². The van der Waals surface area contributed by atoms with Crippen LogP contribution in [0.4, 0.5) is 0 Å². The summed E-state index contributed by atoms with van der Waals surface area (Å²) < 4.78 is 0. The van der Waals surface area contributed by atoms with Crippen LogP contribution in [0.1, 0.15) is 98.8 Å². The van der Waals surface area contributed by atoms with Gasteiger partial charge in [-0.25, -0.2) is 0 Å². The van der Waals surface area contributed by atoms with Crippen LogP contribution in [-0.2, 0) is 0 Å². The molecule has 0 unspecified atom stereocenters. The topological polar surface area (TPSA) is 37.4 Å². The van der Waals surface area contributed by atoms with E-state index in [-0.39, 0.29) is 17.9 Å². The SMILES string of the molecule is CCCCCCC(CCCCCC)N1C(=O)c2cccc3cccc(c23)C1=O. The van der Waals surface area contributed by atoms with Crippen molar-refractivity contribution in [3.05, 3.63) is 47.5 Å². The normalized spacial score (nSPS) is 13.8. The van der Waals surface area contributed by atoms with Crippen LogP contribution in [0.25, 0.3) is 10.8 Å². The number of carbonyl (C=O) groups excluding carboxylic acids is 2. The van der Waals surface area contributed by atoms with Gasteiger partial charge in [0.05, 0.1) is 0 Å². The molecule has 0 saturated heterocycles. The fourth-order valence-corrected chi connectivity index (χ4v) is 4.40. The third-order valence-corrected chi connectivity index (χ3v) is 5.95. The van der Waals surface area contributed by atoms with Crippen molar-refractivity contribution in [1.82, 2.24) is 4.90 Å².